The van der Waals surface area contributed by atoms with Crippen LogP contribution in [-0.4, -0.2) is 32.4 Å². The van der Waals surface area contributed by atoms with E-state index in [2.05, 4.69) is 5.32 Å². The van der Waals surface area contributed by atoms with Gasteiger partial charge in [0.1, 0.15) is 15.7 Å². The predicted molar refractivity (Wildman–Crippen MR) is 67.5 cm³/mol. The third-order valence-corrected chi connectivity index (χ3v) is 3.30. The average Bonchev–Trinajstić information content (AvgIpc) is 2.18. The highest BCUT2D eigenvalue weighted by Crippen LogP contribution is 2.13. The maximum absolute atomic E-state index is 13.0. The van der Waals surface area contributed by atoms with Crippen LogP contribution in [0.2, 0.25) is 0 Å². The van der Waals surface area contributed by atoms with E-state index in [-0.39, 0.29) is 17.0 Å². The molecule has 18 heavy (non-hydrogen) atoms. The Balaban J connectivity index is 2.80. The van der Waals surface area contributed by atoms with Gasteiger partial charge in [-0.1, -0.05) is 0 Å². The molecule has 0 spiro atoms. The highest BCUT2D eigenvalue weighted by atomic mass is 32.2. The monoisotopic (exact) mass is 274 g/mol. The second-order valence-corrected chi connectivity index (χ2v) is 6.38. The Morgan fingerprint density at radius 2 is 2.11 bits per heavy atom. The number of sulfone groups is 1. The van der Waals surface area contributed by atoms with E-state index in [0.717, 1.165) is 18.4 Å². The third-order valence-electron chi connectivity index (χ3n) is 2.19. The Morgan fingerprint density at radius 3 is 2.67 bits per heavy atom. The molecule has 100 valence electrons. The number of hydrogen-bond donors (Lipinski definition) is 2. The molecule has 0 saturated carbocycles. The molecule has 5 nitrogen and oxygen atoms in total. The van der Waals surface area contributed by atoms with Crippen molar-refractivity contribution in [2.24, 2.45) is 0 Å². The van der Waals surface area contributed by atoms with Crippen LogP contribution < -0.4 is 11.1 Å². The number of amides is 1. The number of carbonyl (C=O) groups is 1. The number of benzene rings is 1. The second kappa shape index (κ2) is 5.34. The summed E-state index contributed by atoms with van der Waals surface area (Å²) in [5.41, 5.74) is 5.68. The molecule has 0 heterocycles. The van der Waals surface area contributed by atoms with Crippen LogP contribution in [0.1, 0.15) is 17.3 Å². The maximum atomic E-state index is 13.0. The van der Waals surface area contributed by atoms with Crippen LogP contribution in [0.15, 0.2) is 18.2 Å². The average molecular weight is 274 g/mol. The van der Waals surface area contributed by atoms with Gasteiger partial charge in [-0.05, 0) is 25.1 Å². The zero-order chi connectivity index (χ0) is 13.9. The summed E-state index contributed by atoms with van der Waals surface area (Å²) in [7, 11) is -3.19. The molecule has 1 amide bonds. The summed E-state index contributed by atoms with van der Waals surface area (Å²) in [6.07, 6.45) is 1.08. The van der Waals surface area contributed by atoms with Crippen molar-refractivity contribution in [3.05, 3.63) is 29.6 Å². The largest absolute Gasteiger partial charge is 0.398 e. The minimum atomic E-state index is -3.19. The van der Waals surface area contributed by atoms with Gasteiger partial charge in [0.25, 0.3) is 5.91 Å². The van der Waals surface area contributed by atoms with Gasteiger partial charge in [0.2, 0.25) is 0 Å². The lowest BCUT2D eigenvalue weighted by Crippen LogP contribution is -2.37. The first kappa shape index (κ1) is 14.4. The Hall–Kier alpha value is -1.63. The van der Waals surface area contributed by atoms with E-state index < -0.39 is 27.6 Å². The van der Waals surface area contributed by atoms with Gasteiger partial charge >= 0.3 is 0 Å². The Labute approximate surface area is 105 Å². The summed E-state index contributed by atoms with van der Waals surface area (Å²) >= 11 is 0. The molecular weight excluding hydrogens is 259 g/mol. The SMILES string of the molecule is CC(CS(C)(=O)=O)NC(=O)c1cc(F)ccc1N. The van der Waals surface area contributed by atoms with E-state index in [0.29, 0.717) is 0 Å². The van der Waals surface area contributed by atoms with Crippen molar-refractivity contribution in [3.63, 3.8) is 0 Å². The molecule has 1 aromatic rings. The van der Waals surface area contributed by atoms with E-state index in [4.69, 9.17) is 5.73 Å². The highest BCUT2D eigenvalue weighted by Gasteiger charge is 2.16. The van der Waals surface area contributed by atoms with Crippen LogP contribution in [-0.2, 0) is 9.84 Å². The van der Waals surface area contributed by atoms with Crippen LogP contribution in [0.3, 0.4) is 0 Å². The van der Waals surface area contributed by atoms with Gasteiger partial charge < -0.3 is 11.1 Å². The molecule has 1 unspecified atom stereocenters. The summed E-state index contributed by atoms with van der Waals surface area (Å²) in [6.45, 7) is 1.55. The van der Waals surface area contributed by atoms with Gasteiger partial charge in [-0.2, -0.15) is 0 Å². The molecular formula is C11H15FN2O3S. The fourth-order valence-corrected chi connectivity index (χ4v) is 2.51. The van der Waals surface area contributed by atoms with Crippen LogP contribution in [0.25, 0.3) is 0 Å². The third kappa shape index (κ3) is 4.33. The van der Waals surface area contributed by atoms with Crippen LogP contribution in [0.4, 0.5) is 10.1 Å². The molecule has 0 bridgehead atoms. The first-order valence-corrected chi connectivity index (χ1v) is 7.28. The molecule has 0 aliphatic heterocycles. The van der Waals surface area contributed by atoms with E-state index in [1.165, 1.54) is 6.07 Å². The molecule has 0 radical (unpaired) electrons. The van der Waals surface area contributed by atoms with Crippen molar-refractivity contribution in [3.8, 4) is 0 Å². The Morgan fingerprint density at radius 1 is 1.50 bits per heavy atom. The molecule has 0 aliphatic carbocycles. The first-order chi connectivity index (χ1) is 8.19. The van der Waals surface area contributed by atoms with E-state index in [9.17, 15) is 17.6 Å². The molecule has 1 atom stereocenters. The van der Waals surface area contributed by atoms with E-state index in [1.807, 2.05) is 0 Å². The molecule has 0 aliphatic rings. The number of nitrogens with one attached hydrogen (secondary N) is 1. The minimum Gasteiger partial charge on any atom is -0.398 e. The molecule has 3 N–H and O–H groups in total. The standard InChI is InChI=1S/C11H15FN2O3S/c1-7(6-18(2,16)17)14-11(15)9-5-8(12)3-4-10(9)13/h3-5,7H,6,13H2,1-2H3,(H,14,15). The van der Waals surface area contributed by atoms with Crippen molar-refractivity contribution in [1.82, 2.24) is 5.32 Å². The Kier molecular flexibility index (Phi) is 4.28. The van der Waals surface area contributed by atoms with Crippen molar-refractivity contribution < 1.29 is 17.6 Å². The zero-order valence-corrected chi connectivity index (χ0v) is 10.9. The fourth-order valence-electron chi connectivity index (χ4n) is 1.52. The van der Waals surface area contributed by atoms with Gasteiger partial charge in [0.15, 0.2) is 0 Å². The van der Waals surface area contributed by atoms with Crippen LogP contribution >= 0.6 is 0 Å². The lowest BCUT2D eigenvalue weighted by Gasteiger charge is -2.13. The minimum absolute atomic E-state index is 0.00430. The Bertz CT molecular complexity index is 557. The molecule has 1 rings (SSSR count). The summed E-state index contributed by atoms with van der Waals surface area (Å²) < 4.78 is 35.1. The normalized spacial score (nSPS) is 13.1. The summed E-state index contributed by atoms with van der Waals surface area (Å²) in [4.78, 5) is 11.8. The van der Waals surface area contributed by atoms with Crippen molar-refractivity contribution in [1.29, 1.82) is 0 Å². The molecule has 1 aromatic carbocycles. The van der Waals surface area contributed by atoms with Crippen molar-refractivity contribution >= 4 is 21.4 Å². The molecule has 0 saturated heterocycles. The predicted octanol–water partition coefficient (Wildman–Crippen LogP) is 0.571. The number of carbonyl (C=O) groups excluding carboxylic acids is 1. The number of halogens is 1. The number of hydrogen-bond acceptors (Lipinski definition) is 4. The number of rotatable bonds is 4. The van der Waals surface area contributed by atoms with Gasteiger partial charge in [-0.15, -0.1) is 0 Å². The van der Waals surface area contributed by atoms with Crippen LogP contribution in [0, 0.1) is 5.82 Å². The smallest absolute Gasteiger partial charge is 0.253 e. The number of nitrogen functional groups attached to an aromatic ring is 1. The summed E-state index contributed by atoms with van der Waals surface area (Å²) in [5.74, 6) is -1.36. The number of nitrogens with two attached hydrogens (primary N) is 1. The molecule has 7 heteroatoms. The molecule has 0 fully saturated rings. The summed E-state index contributed by atoms with van der Waals surface area (Å²) in [6, 6.07) is 2.87. The second-order valence-electron chi connectivity index (χ2n) is 4.20. The van der Waals surface area contributed by atoms with Crippen molar-refractivity contribution in [2.45, 2.75) is 13.0 Å². The zero-order valence-electron chi connectivity index (χ0n) is 10.1. The van der Waals surface area contributed by atoms with E-state index in [1.54, 1.807) is 6.92 Å². The first-order valence-electron chi connectivity index (χ1n) is 5.22. The lowest BCUT2D eigenvalue weighted by atomic mass is 10.1. The van der Waals surface area contributed by atoms with Gasteiger partial charge in [-0.25, -0.2) is 12.8 Å². The fraction of sp³-hybridized carbons (Fsp3) is 0.364. The van der Waals surface area contributed by atoms with Gasteiger partial charge in [-0.3, -0.25) is 4.79 Å². The highest BCUT2D eigenvalue weighted by molar-refractivity contribution is 7.90. The lowest BCUT2D eigenvalue weighted by molar-refractivity contribution is 0.0944. The van der Waals surface area contributed by atoms with Gasteiger partial charge in [0.05, 0.1) is 11.3 Å². The topological polar surface area (TPSA) is 89.3 Å². The van der Waals surface area contributed by atoms with Crippen LogP contribution in [0.5, 0.6) is 0 Å². The summed E-state index contributed by atoms with van der Waals surface area (Å²) in [5, 5.41) is 2.46. The maximum Gasteiger partial charge on any atom is 0.253 e. The number of anilines is 1. The van der Waals surface area contributed by atoms with Gasteiger partial charge in [0, 0.05) is 18.0 Å². The quantitative estimate of drug-likeness (QED) is 0.786. The van der Waals surface area contributed by atoms with E-state index >= 15 is 0 Å². The molecule has 0 aromatic heterocycles. The van der Waals surface area contributed by atoms with Crippen molar-refractivity contribution in [2.75, 3.05) is 17.7 Å².